The fourth-order valence-corrected chi connectivity index (χ4v) is 3.32. The van der Waals surface area contributed by atoms with Gasteiger partial charge in [0.25, 0.3) is 0 Å². The van der Waals surface area contributed by atoms with E-state index in [2.05, 4.69) is 34.3 Å². The highest BCUT2D eigenvalue weighted by atomic mass is 16.7. The number of cyclic esters (lactones) is 1. The number of alkyl carbamates (subject to hydrolysis) is 1. The Morgan fingerprint density at radius 2 is 2.30 bits per heavy atom. The van der Waals surface area contributed by atoms with Gasteiger partial charge in [-0.1, -0.05) is 18.2 Å². The number of benzene rings is 1. The first-order valence-corrected chi connectivity index (χ1v) is 6.92. The molecule has 106 valence electrons. The average Bonchev–Trinajstić information content (AvgIpc) is 3.12. The van der Waals surface area contributed by atoms with Gasteiger partial charge in [0.15, 0.2) is 0 Å². The molecule has 0 bridgehead atoms. The minimum atomic E-state index is -0.316. The zero-order valence-corrected chi connectivity index (χ0v) is 11.2. The van der Waals surface area contributed by atoms with Gasteiger partial charge >= 0.3 is 6.09 Å². The first kappa shape index (κ1) is 12.1. The molecule has 4 rings (SSSR count). The highest BCUT2D eigenvalue weighted by molar-refractivity contribution is 5.72. The van der Waals surface area contributed by atoms with Crippen LogP contribution < -0.4 is 16.1 Å². The predicted octanol–water partition coefficient (Wildman–Crippen LogP) is 1.04. The molecule has 6 nitrogen and oxygen atoms in total. The third-order valence-electron chi connectivity index (χ3n) is 4.35. The fourth-order valence-electron chi connectivity index (χ4n) is 3.32. The lowest BCUT2D eigenvalue weighted by Crippen LogP contribution is -2.38. The number of hydrogen-bond acceptors (Lipinski definition) is 5. The second-order valence-electron chi connectivity index (χ2n) is 5.68. The number of amides is 1. The average molecular weight is 275 g/mol. The van der Waals surface area contributed by atoms with Crippen molar-refractivity contribution in [1.29, 1.82) is 0 Å². The molecule has 1 amide bonds. The van der Waals surface area contributed by atoms with E-state index in [4.69, 9.17) is 9.57 Å². The Kier molecular flexibility index (Phi) is 2.54. The molecule has 6 heteroatoms. The van der Waals surface area contributed by atoms with Crippen molar-refractivity contribution in [2.45, 2.75) is 37.7 Å². The molecule has 3 N–H and O–H groups in total. The van der Waals surface area contributed by atoms with E-state index in [1.165, 1.54) is 11.1 Å². The van der Waals surface area contributed by atoms with Crippen LogP contribution in [-0.2, 0) is 21.5 Å². The summed E-state index contributed by atoms with van der Waals surface area (Å²) < 4.78 is 5.10. The third-order valence-corrected chi connectivity index (χ3v) is 4.35. The van der Waals surface area contributed by atoms with Crippen molar-refractivity contribution in [3.05, 3.63) is 34.9 Å². The molecule has 0 radical (unpaired) electrons. The topological polar surface area (TPSA) is 71.6 Å². The van der Waals surface area contributed by atoms with Crippen molar-refractivity contribution in [1.82, 2.24) is 16.1 Å². The summed E-state index contributed by atoms with van der Waals surface area (Å²) in [5.41, 5.74) is 6.26. The van der Waals surface area contributed by atoms with Gasteiger partial charge in [0.2, 0.25) is 0 Å². The number of aryl methyl sites for hydroxylation is 1. The summed E-state index contributed by atoms with van der Waals surface area (Å²) in [6, 6.07) is 6.35. The molecule has 2 fully saturated rings. The second kappa shape index (κ2) is 4.18. The Labute approximate surface area is 116 Å². The number of hydroxylamine groups is 1. The summed E-state index contributed by atoms with van der Waals surface area (Å²) in [6.07, 6.45) is 1.55. The molecule has 1 spiro atoms. The van der Waals surface area contributed by atoms with E-state index >= 15 is 0 Å². The van der Waals surface area contributed by atoms with Crippen LogP contribution in [0.4, 0.5) is 4.79 Å². The lowest BCUT2D eigenvalue weighted by atomic mass is 9.92. The lowest BCUT2D eigenvalue weighted by Gasteiger charge is -2.22. The van der Waals surface area contributed by atoms with Crippen molar-refractivity contribution in [2.75, 3.05) is 6.61 Å². The van der Waals surface area contributed by atoms with Crippen LogP contribution in [0.25, 0.3) is 0 Å². The largest absolute Gasteiger partial charge is 0.447 e. The molecule has 3 atom stereocenters. The summed E-state index contributed by atoms with van der Waals surface area (Å²) >= 11 is 0. The quantitative estimate of drug-likeness (QED) is 0.714. The van der Waals surface area contributed by atoms with Gasteiger partial charge in [-0.2, -0.15) is 5.48 Å². The van der Waals surface area contributed by atoms with Gasteiger partial charge in [0.05, 0.1) is 0 Å². The monoisotopic (exact) mass is 275 g/mol. The van der Waals surface area contributed by atoms with Crippen molar-refractivity contribution < 1.29 is 14.4 Å². The summed E-state index contributed by atoms with van der Waals surface area (Å²) in [6.45, 7) is 2.39. The van der Waals surface area contributed by atoms with Crippen molar-refractivity contribution in [3.63, 3.8) is 0 Å². The number of carbonyl (C=O) groups excluding carboxylic acids is 1. The maximum atomic E-state index is 11.4. The minimum absolute atomic E-state index is 0.00196. The van der Waals surface area contributed by atoms with Gasteiger partial charge < -0.3 is 10.1 Å². The predicted molar refractivity (Wildman–Crippen MR) is 70.5 cm³/mol. The Morgan fingerprint density at radius 1 is 1.40 bits per heavy atom. The SMILES string of the molecule is CC1NC(c2ccc3c(c2)CC[C@@]32COC(=O)N2)NO1. The molecule has 2 aliphatic heterocycles. The lowest BCUT2D eigenvalue weighted by molar-refractivity contribution is 0.0329. The van der Waals surface area contributed by atoms with Crippen molar-refractivity contribution in [2.24, 2.45) is 0 Å². The number of rotatable bonds is 1. The van der Waals surface area contributed by atoms with E-state index in [-0.39, 0.29) is 24.0 Å². The highest BCUT2D eigenvalue weighted by Gasteiger charge is 2.45. The summed E-state index contributed by atoms with van der Waals surface area (Å²) in [5.74, 6) is 0. The van der Waals surface area contributed by atoms with Crippen LogP contribution in [0.15, 0.2) is 18.2 Å². The molecule has 20 heavy (non-hydrogen) atoms. The Morgan fingerprint density at radius 3 is 3.00 bits per heavy atom. The normalized spacial score (nSPS) is 35.1. The number of nitrogens with one attached hydrogen (secondary N) is 3. The van der Waals surface area contributed by atoms with Crippen LogP contribution >= 0.6 is 0 Å². The van der Waals surface area contributed by atoms with Crippen molar-refractivity contribution in [3.8, 4) is 0 Å². The second-order valence-corrected chi connectivity index (χ2v) is 5.68. The van der Waals surface area contributed by atoms with Crippen molar-refractivity contribution >= 4 is 6.09 Å². The first-order valence-electron chi connectivity index (χ1n) is 6.92. The zero-order valence-electron chi connectivity index (χ0n) is 11.2. The van der Waals surface area contributed by atoms with Crippen LogP contribution in [0.1, 0.15) is 36.2 Å². The van der Waals surface area contributed by atoms with E-state index in [0.717, 1.165) is 18.4 Å². The zero-order chi connectivity index (χ0) is 13.7. The molecule has 3 aliphatic rings. The van der Waals surface area contributed by atoms with Crippen LogP contribution in [0.3, 0.4) is 0 Å². The van der Waals surface area contributed by atoms with Gasteiger partial charge in [-0.15, -0.1) is 0 Å². The smallest absolute Gasteiger partial charge is 0.408 e. The third kappa shape index (κ3) is 1.72. The molecular formula is C14H17N3O3. The molecule has 0 aromatic heterocycles. The molecule has 2 heterocycles. The molecule has 1 aromatic carbocycles. The molecule has 0 saturated carbocycles. The van der Waals surface area contributed by atoms with E-state index in [9.17, 15) is 4.79 Å². The number of fused-ring (bicyclic) bond motifs is 2. The summed E-state index contributed by atoms with van der Waals surface area (Å²) in [7, 11) is 0. The summed E-state index contributed by atoms with van der Waals surface area (Å²) in [5, 5.41) is 6.27. The molecule has 1 aliphatic carbocycles. The minimum Gasteiger partial charge on any atom is -0.447 e. The Bertz CT molecular complexity index is 577. The Balaban J connectivity index is 1.65. The van der Waals surface area contributed by atoms with E-state index in [1.54, 1.807) is 0 Å². The van der Waals surface area contributed by atoms with Gasteiger partial charge in [-0.05, 0) is 36.5 Å². The van der Waals surface area contributed by atoms with Gasteiger partial charge in [0.1, 0.15) is 24.5 Å². The standard InChI is InChI=1S/C14H17N3O3/c1-8-15-12(17-20-8)10-2-3-11-9(6-10)4-5-14(11)7-19-13(18)16-14/h2-3,6,8,12,15,17H,4-5,7H2,1H3,(H,16,18)/t8?,12?,14-/m1/s1. The van der Waals surface area contributed by atoms with E-state index in [1.807, 2.05) is 6.92 Å². The maximum absolute atomic E-state index is 11.4. The highest BCUT2D eigenvalue weighted by Crippen LogP contribution is 2.40. The van der Waals surface area contributed by atoms with E-state index < -0.39 is 0 Å². The molecule has 2 saturated heterocycles. The van der Waals surface area contributed by atoms with E-state index in [0.29, 0.717) is 6.61 Å². The van der Waals surface area contributed by atoms with Crippen LogP contribution in [0.2, 0.25) is 0 Å². The fraction of sp³-hybridized carbons (Fsp3) is 0.500. The number of ether oxygens (including phenoxy) is 1. The molecule has 2 unspecified atom stereocenters. The first-order chi connectivity index (χ1) is 9.66. The van der Waals surface area contributed by atoms with Crippen LogP contribution in [-0.4, -0.2) is 18.9 Å². The Hall–Kier alpha value is -1.63. The number of carbonyl (C=O) groups is 1. The molecular weight excluding hydrogens is 258 g/mol. The number of hydrogen-bond donors (Lipinski definition) is 3. The van der Waals surface area contributed by atoms with Gasteiger partial charge in [0, 0.05) is 0 Å². The van der Waals surface area contributed by atoms with Crippen LogP contribution in [0, 0.1) is 0 Å². The summed E-state index contributed by atoms with van der Waals surface area (Å²) in [4.78, 5) is 16.7. The van der Waals surface area contributed by atoms with Gasteiger partial charge in [-0.25, -0.2) is 4.79 Å². The van der Waals surface area contributed by atoms with Crippen LogP contribution in [0.5, 0.6) is 0 Å². The maximum Gasteiger partial charge on any atom is 0.408 e. The molecule has 1 aromatic rings. The van der Waals surface area contributed by atoms with Gasteiger partial charge in [-0.3, -0.25) is 10.2 Å².